The molecule has 42 heavy (non-hydrogen) atoms. The van der Waals surface area contributed by atoms with E-state index < -0.39 is 41.7 Å². The van der Waals surface area contributed by atoms with E-state index in [-0.39, 0.29) is 52.6 Å². The molecule has 0 spiro atoms. The van der Waals surface area contributed by atoms with Crippen LogP contribution in [0.25, 0.3) is 0 Å². The lowest BCUT2D eigenvalue weighted by Gasteiger charge is -2.40. The van der Waals surface area contributed by atoms with Crippen LogP contribution >= 0.6 is 11.6 Å². The zero-order valence-electron chi connectivity index (χ0n) is 25.0. The van der Waals surface area contributed by atoms with Crippen molar-refractivity contribution < 1.29 is 33.4 Å². The molecule has 1 saturated carbocycles. The van der Waals surface area contributed by atoms with Crippen LogP contribution < -0.4 is 16.0 Å². The van der Waals surface area contributed by atoms with Gasteiger partial charge in [-0.25, -0.2) is 0 Å². The summed E-state index contributed by atoms with van der Waals surface area (Å²) in [5.74, 6) is -2.31. The van der Waals surface area contributed by atoms with Gasteiger partial charge in [0.15, 0.2) is 0 Å². The number of esters is 1. The molecule has 11 nitrogen and oxygen atoms in total. The topological polar surface area (TPSA) is 143 Å². The van der Waals surface area contributed by atoms with Crippen LogP contribution in [0.4, 0.5) is 5.69 Å². The number of hydrogen-bond acceptors (Lipinski definition) is 7. The van der Waals surface area contributed by atoms with Gasteiger partial charge in [-0.3, -0.25) is 24.0 Å². The second-order valence-electron chi connectivity index (χ2n) is 12.6. The predicted octanol–water partition coefficient (Wildman–Crippen LogP) is 3.25. The first-order chi connectivity index (χ1) is 19.7. The Balaban J connectivity index is 1.55. The van der Waals surface area contributed by atoms with E-state index in [9.17, 15) is 24.0 Å². The van der Waals surface area contributed by atoms with Gasteiger partial charge in [-0.2, -0.15) is 0 Å². The molecule has 12 heteroatoms. The number of anilines is 1. The van der Waals surface area contributed by atoms with Gasteiger partial charge < -0.3 is 30.3 Å². The first-order valence-corrected chi connectivity index (χ1v) is 14.9. The van der Waals surface area contributed by atoms with Gasteiger partial charge in [0.25, 0.3) is 5.91 Å². The van der Waals surface area contributed by atoms with Gasteiger partial charge in [0.05, 0.1) is 22.7 Å². The molecule has 2 bridgehead atoms. The van der Waals surface area contributed by atoms with Crippen LogP contribution in [0.3, 0.4) is 0 Å². The summed E-state index contributed by atoms with van der Waals surface area (Å²) in [5.41, 5.74) is -0.294. The second kappa shape index (κ2) is 12.6. The van der Waals surface area contributed by atoms with E-state index in [1.165, 1.54) is 6.07 Å². The number of carbonyl (C=O) groups excluding carboxylic acids is 5. The third-order valence-electron chi connectivity index (χ3n) is 8.14. The third-order valence-corrected chi connectivity index (χ3v) is 8.55. The van der Waals surface area contributed by atoms with Gasteiger partial charge in [-0.15, -0.1) is 0 Å². The molecule has 2 aliphatic heterocycles. The Bertz CT molecular complexity index is 1250. The van der Waals surface area contributed by atoms with Gasteiger partial charge in [0.1, 0.15) is 18.1 Å². The summed E-state index contributed by atoms with van der Waals surface area (Å²) < 4.78 is 10.7. The number of hydrogen-bond donors (Lipinski definition) is 3. The summed E-state index contributed by atoms with van der Waals surface area (Å²) in [6, 6.07) is 2.24. The Morgan fingerprint density at radius 3 is 2.52 bits per heavy atom. The molecule has 3 aliphatic rings. The smallest absolute Gasteiger partial charge is 0.310 e. The molecule has 0 radical (unpaired) electrons. The van der Waals surface area contributed by atoms with Crippen molar-refractivity contribution in [1.29, 1.82) is 0 Å². The fraction of sp³-hybridized carbons (Fsp3) is 0.633. The number of rotatable bonds is 9. The maximum Gasteiger partial charge on any atom is 0.310 e. The Hall–Kier alpha value is -3.18. The molecule has 230 valence electrons. The maximum absolute atomic E-state index is 14.2. The average Bonchev–Trinajstić information content (AvgIpc) is 3.62. The maximum atomic E-state index is 14.2. The zero-order chi connectivity index (χ0) is 30.9. The monoisotopic (exact) mass is 604 g/mol. The van der Waals surface area contributed by atoms with Crippen molar-refractivity contribution in [3.63, 3.8) is 0 Å². The van der Waals surface area contributed by atoms with E-state index >= 15 is 0 Å². The number of halogens is 1. The van der Waals surface area contributed by atoms with E-state index in [1.807, 2.05) is 20.8 Å². The Morgan fingerprint density at radius 2 is 1.88 bits per heavy atom. The summed E-state index contributed by atoms with van der Waals surface area (Å²) in [6.45, 7) is 11.1. The Kier molecular flexibility index (Phi) is 9.52. The molecule has 3 fully saturated rings. The van der Waals surface area contributed by atoms with Crippen LogP contribution in [0.1, 0.15) is 77.6 Å². The third kappa shape index (κ3) is 6.57. The second-order valence-corrected chi connectivity index (χ2v) is 13.0. The summed E-state index contributed by atoms with van der Waals surface area (Å²) in [6.07, 6.45) is 1.37. The van der Waals surface area contributed by atoms with Crippen molar-refractivity contribution in [3.05, 3.63) is 28.8 Å². The highest BCUT2D eigenvalue weighted by Crippen LogP contribution is 2.44. The van der Waals surface area contributed by atoms with Crippen molar-refractivity contribution in [2.45, 2.75) is 97.7 Å². The van der Waals surface area contributed by atoms with Crippen LogP contribution in [0.2, 0.25) is 5.02 Å². The van der Waals surface area contributed by atoms with Gasteiger partial charge in [0.2, 0.25) is 24.0 Å². The molecular weight excluding hydrogens is 564 g/mol. The molecule has 3 N–H and O–H groups in total. The molecule has 2 heterocycles. The number of benzene rings is 1. The zero-order valence-corrected chi connectivity index (χ0v) is 25.7. The number of nitrogens with zero attached hydrogens (tertiary/aromatic N) is 1. The molecule has 4 unspecified atom stereocenters. The number of cyclic esters (lactones) is 1. The molecule has 1 aromatic carbocycles. The van der Waals surface area contributed by atoms with Crippen molar-refractivity contribution in [3.8, 4) is 0 Å². The van der Waals surface area contributed by atoms with E-state index in [0.717, 1.165) is 12.8 Å². The van der Waals surface area contributed by atoms with Crippen molar-refractivity contribution in [1.82, 2.24) is 15.5 Å². The number of fused-ring (bicyclic) bond motifs is 2. The van der Waals surface area contributed by atoms with Crippen LogP contribution in [0.5, 0.6) is 0 Å². The molecule has 6 atom stereocenters. The van der Waals surface area contributed by atoms with Crippen LogP contribution in [0.15, 0.2) is 18.2 Å². The largest absolute Gasteiger partial charge is 0.433 e. The fourth-order valence-corrected chi connectivity index (χ4v) is 6.23. The number of amides is 4. The number of carbonyl (C=O) groups is 5. The highest BCUT2D eigenvalue weighted by molar-refractivity contribution is 6.37. The molecule has 0 aromatic heterocycles. The summed E-state index contributed by atoms with van der Waals surface area (Å²) in [7, 11) is 0. The van der Waals surface area contributed by atoms with Gasteiger partial charge in [-0.1, -0.05) is 52.3 Å². The van der Waals surface area contributed by atoms with Gasteiger partial charge in [0, 0.05) is 18.6 Å². The minimum absolute atomic E-state index is 0.0106. The highest BCUT2D eigenvalue weighted by Gasteiger charge is 2.54. The molecule has 4 rings (SSSR count). The first kappa shape index (κ1) is 31.7. The standard InChI is InChI=1S/C30H41ClN4O7/c1-7-41-29-20(14-21(36)42-29)33-27(39)23-16-11-12-17(13-16)35(23)28(40)24(30(4,5)6)34-26(38)18-9-8-10-19(22(18)31)32-25(37)15(2)3/h8-10,15-17,20,23-24,29H,7,11-14H2,1-6H3,(H,32,37)(H,33,39)(H,34,38)/t16?,17?,20?,23-,24?,29+/m0/s1. The number of likely N-dealkylation sites (tertiary alicyclic amines) is 1. The van der Waals surface area contributed by atoms with Crippen LogP contribution in [0, 0.1) is 17.3 Å². The lowest BCUT2D eigenvalue weighted by atomic mass is 9.84. The lowest BCUT2D eigenvalue weighted by Crippen LogP contribution is -2.62. The normalized spacial score (nSPS) is 25.8. The van der Waals surface area contributed by atoms with Gasteiger partial charge >= 0.3 is 5.97 Å². The minimum Gasteiger partial charge on any atom is -0.433 e. The SMILES string of the molecule is CCO[C@@H]1OC(=O)CC1NC(=O)[C@@H]1C2CCC(C2)N1C(=O)C(NC(=O)c1cccc(NC(=O)C(C)C)c1Cl)C(C)(C)C. The summed E-state index contributed by atoms with van der Waals surface area (Å²) in [4.78, 5) is 67.1. The Morgan fingerprint density at radius 1 is 1.17 bits per heavy atom. The lowest BCUT2D eigenvalue weighted by molar-refractivity contribution is -0.165. The molecular formula is C30H41ClN4O7. The summed E-state index contributed by atoms with van der Waals surface area (Å²) >= 11 is 6.53. The number of nitrogens with one attached hydrogen (secondary N) is 3. The van der Waals surface area contributed by atoms with Crippen LogP contribution in [-0.2, 0) is 28.7 Å². The van der Waals surface area contributed by atoms with E-state index in [4.69, 9.17) is 21.1 Å². The van der Waals surface area contributed by atoms with E-state index in [2.05, 4.69) is 16.0 Å². The average molecular weight is 605 g/mol. The van der Waals surface area contributed by atoms with Crippen LogP contribution in [-0.4, -0.2) is 71.6 Å². The number of piperidine rings is 1. The molecule has 1 aliphatic carbocycles. The van der Waals surface area contributed by atoms with Gasteiger partial charge in [-0.05, 0) is 49.7 Å². The van der Waals surface area contributed by atoms with Crippen molar-refractivity contribution in [2.75, 3.05) is 11.9 Å². The highest BCUT2D eigenvalue weighted by atomic mass is 35.5. The molecule has 4 amide bonds. The number of ether oxygens (including phenoxy) is 2. The van der Waals surface area contributed by atoms with E-state index in [0.29, 0.717) is 18.7 Å². The Labute approximate surface area is 251 Å². The molecule has 2 saturated heterocycles. The summed E-state index contributed by atoms with van der Waals surface area (Å²) in [5, 5.41) is 8.56. The van der Waals surface area contributed by atoms with Crippen molar-refractivity contribution in [2.24, 2.45) is 17.3 Å². The van der Waals surface area contributed by atoms with Crippen molar-refractivity contribution >= 4 is 46.9 Å². The molecule has 1 aromatic rings. The first-order valence-electron chi connectivity index (χ1n) is 14.6. The predicted molar refractivity (Wildman–Crippen MR) is 155 cm³/mol. The minimum atomic E-state index is -0.975. The quantitative estimate of drug-likeness (QED) is 0.367. The fourth-order valence-electron chi connectivity index (χ4n) is 5.97. The van der Waals surface area contributed by atoms with E-state index in [1.54, 1.807) is 37.8 Å².